The van der Waals surface area contributed by atoms with Crippen LogP contribution in [0.15, 0.2) is 24.3 Å². The van der Waals surface area contributed by atoms with Gasteiger partial charge in [0.05, 0.1) is 11.5 Å². The Labute approximate surface area is 122 Å². The Bertz CT molecular complexity index is 433. The van der Waals surface area contributed by atoms with E-state index in [1.54, 1.807) is 0 Å². The Balaban J connectivity index is 0.000000333. The zero-order chi connectivity index (χ0) is 15.0. The molecule has 1 heterocycles. The Kier molecular flexibility index (Phi) is 7.11. The molecule has 1 aromatic rings. The summed E-state index contributed by atoms with van der Waals surface area (Å²) in [5, 5.41) is 10.4. The lowest BCUT2D eigenvalue weighted by Gasteiger charge is -2.08. The van der Waals surface area contributed by atoms with Crippen LogP contribution in [0.1, 0.15) is 40.5 Å². The Morgan fingerprint density at radius 3 is 2.05 bits per heavy atom. The van der Waals surface area contributed by atoms with Gasteiger partial charge in [0.1, 0.15) is 6.23 Å². The summed E-state index contributed by atoms with van der Waals surface area (Å²) in [7, 11) is 0. The molecule has 6 heteroatoms. The first-order chi connectivity index (χ1) is 9.50. The average molecular weight is 296 g/mol. The molecule has 0 aromatic heterocycles. The van der Waals surface area contributed by atoms with Gasteiger partial charge in [-0.25, -0.2) is 4.79 Å². The largest absolute Gasteiger partial charge is 0.545 e. The number of carbonyl (C=O) groups is 2. The highest BCUT2D eigenvalue weighted by molar-refractivity contribution is 7.99. The number of rotatable bonds is 3. The Hall–Kier alpha value is -1.53. The lowest BCUT2D eigenvalue weighted by Crippen LogP contribution is -2.24. The highest BCUT2D eigenvalue weighted by Gasteiger charge is 2.08. The third-order valence-corrected chi connectivity index (χ3v) is 3.63. The molecular formula is C14H18NO4S-. The normalized spacial score (nSPS) is 14.9. The number of carboxylic acids is 1. The smallest absolute Gasteiger partial charge is 0.339 e. The Morgan fingerprint density at radius 1 is 1.20 bits per heavy atom. The van der Waals surface area contributed by atoms with Gasteiger partial charge in [0.15, 0.2) is 0 Å². The summed E-state index contributed by atoms with van der Waals surface area (Å²) in [4.78, 5) is 21.7. The van der Waals surface area contributed by atoms with E-state index in [1.807, 2.05) is 0 Å². The first kappa shape index (κ1) is 16.5. The average Bonchev–Trinajstić information content (AvgIpc) is 2.97. The molecule has 1 aliphatic heterocycles. The zero-order valence-corrected chi connectivity index (χ0v) is 12.2. The van der Waals surface area contributed by atoms with E-state index in [4.69, 9.17) is 10.5 Å². The van der Waals surface area contributed by atoms with Crippen LogP contribution in [0.2, 0.25) is 0 Å². The van der Waals surface area contributed by atoms with Crippen molar-refractivity contribution in [2.75, 3.05) is 11.5 Å². The van der Waals surface area contributed by atoms with Crippen molar-refractivity contribution in [1.29, 1.82) is 0 Å². The second-order valence-electron chi connectivity index (χ2n) is 4.29. The third kappa shape index (κ3) is 6.08. The van der Waals surface area contributed by atoms with Gasteiger partial charge in [-0.15, -0.1) is 0 Å². The SMILES string of the molecule is C1CCSC1.CC(N)OC(=O)c1ccc(C(=O)[O-])cc1. The molecular weight excluding hydrogens is 278 g/mol. The number of esters is 1. The number of aromatic carboxylic acids is 1. The summed E-state index contributed by atoms with van der Waals surface area (Å²) in [6.45, 7) is 1.52. The maximum absolute atomic E-state index is 11.3. The van der Waals surface area contributed by atoms with Crippen LogP contribution in [-0.2, 0) is 4.74 Å². The van der Waals surface area contributed by atoms with Gasteiger partial charge in [0.2, 0.25) is 0 Å². The van der Waals surface area contributed by atoms with Crippen LogP contribution >= 0.6 is 11.8 Å². The summed E-state index contributed by atoms with van der Waals surface area (Å²) in [5.74, 6) is 0.956. The van der Waals surface area contributed by atoms with E-state index in [0.29, 0.717) is 0 Å². The van der Waals surface area contributed by atoms with E-state index in [0.717, 1.165) is 0 Å². The number of hydrogen-bond donors (Lipinski definition) is 1. The number of ether oxygens (including phenoxy) is 1. The number of carboxylic acid groups (broad SMARTS) is 1. The van der Waals surface area contributed by atoms with E-state index in [2.05, 4.69) is 11.8 Å². The monoisotopic (exact) mass is 296 g/mol. The van der Waals surface area contributed by atoms with Crippen molar-refractivity contribution in [2.24, 2.45) is 5.73 Å². The zero-order valence-electron chi connectivity index (χ0n) is 11.3. The maximum Gasteiger partial charge on any atom is 0.339 e. The van der Waals surface area contributed by atoms with Gasteiger partial charge in [-0.05, 0) is 49.0 Å². The van der Waals surface area contributed by atoms with E-state index in [9.17, 15) is 14.7 Å². The number of carbonyl (C=O) groups excluding carboxylic acids is 2. The summed E-state index contributed by atoms with van der Waals surface area (Å²) >= 11 is 2.07. The van der Waals surface area contributed by atoms with Crippen molar-refractivity contribution >= 4 is 23.7 Å². The van der Waals surface area contributed by atoms with Crippen molar-refractivity contribution in [2.45, 2.75) is 26.0 Å². The lowest BCUT2D eigenvalue weighted by molar-refractivity contribution is -0.255. The van der Waals surface area contributed by atoms with Gasteiger partial charge in [0, 0.05) is 0 Å². The van der Waals surface area contributed by atoms with Gasteiger partial charge in [0.25, 0.3) is 0 Å². The van der Waals surface area contributed by atoms with Crippen molar-refractivity contribution < 1.29 is 19.4 Å². The minimum absolute atomic E-state index is 0.00680. The molecule has 0 aliphatic carbocycles. The second kappa shape index (κ2) is 8.60. The quantitative estimate of drug-likeness (QED) is 0.661. The molecule has 1 aromatic carbocycles. The standard InChI is InChI=1S/C10H11NO4.C4H8S/c1-6(11)15-10(14)8-4-2-7(3-5-8)9(12)13;1-2-4-5-3-1/h2-6H,11H2,1H3,(H,12,13);1-4H2/p-1. The fraction of sp³-hybridized carbons (Fsp3) is 0.429. The van der Waals surface area contributed by atoms with Gasteiger partial charge >= 0.3 is 5.97 Å². The van der Waals surface area contributed by atoms with E-state index < -0.39 is 18.2 Å². The van der Waals surface area contributed by atoms with Crippen LogP contribution in [0, 0.1) is 0 Å². The lowest BCUT2D eigenvalue weighted by atomic mass is 10.1. The molecule has 2 rings (SSSR count). The predicted molar refractivity (Wildman–Crippen MR) is 76.4 cm³/mol. The van der Waals surface area contributed by atoms with Crippen LogP contribution in [0.3, 0.4) is 0 Å². The number of thioether (sulfide) groups is 1. The molecule has 0 amide bonds. The first-order valence-corrected chi connectivity index (χ1v) is 7.52. The molecule has 0 bridgehead atoms. The molecule has 1 saturated heterocycles. The van der Waals surface area contributed by atoms with Crippen LogP contribution in [0.25, 0.3) is 0 Å². The van der Waals surface area contributed by atoms with Crippen LogP contribution in [-0.4, -0.2) is 29.7 Å². The minimum atomic E-state index is -1.29. The summed E-state index contributed by atoms with van der Waals surface area (Å²) < 4.78 is 4.71. The maximum atomic E-state index is 11.3. The van der Waals surface area contributed by atoms with Gasteiger partial charge in [-0.1, -0.05) is 12.1 Å². The molecule has 110 valence electrons. The van der Waals surface area contributed by atoms with Crippen molar-refractivity contribution in [3.05, 3.63) is 35.4 Å². The number of benzene rings is 1. The molecule has 0 saturated carbocycles. The van der Waals surface area contributed by atoms with Crippen molar-refractivity contribution in [3.8, 4) is 0 Å². The highest BCUT2D eigenvalue weighted by Crippen LogP contribution is 2.14. The fourth-order valence-corrected chi connectivity index (χ4v) is 2.51. The number of nitrogens with two attached hydrogens (primary N) is 1. The predicted octanol–water partition coefficient (Wildman–Crippen LogP) is 1.02. The molecule has 1 atom stereocenters. The molecule has 2 N–H and O–H groups in total. The van der Waals surface area contributed by atoms with Gasteiger partial charge in [-0.2, -0.15) is 11.8 Å². The summed E-state index contributed by atoms with van der Waals surface area (Å²) in [6, 6.07) is 5.23. The Morgan fingerprint density at radius 2 is 1.70 bits per heavy atom. The second-order valence-corrected chi connectivity index (χ2v) is 5.52. The first-order valence-electron chi connectivity index (χ1n) is 6.36. The van der Waals surface area contributed by atoms with Gasteiger partial charge < -0.3 is 14.6 Å². The summed E-state index contributed by atoms with van der Waals surface area (Å²) in [6.07, 6.45) is 2.23. The van der Waals surface area contributed by atoms with Gasteiger partial charge in [-0.3, -0.25) is 5.73 Å². The number of hydrogen-bond acceptors (Lipinski definition) is 6. The van der Waals surface area contributed by atoms with E-state index in [1.165, 1.54) is 55.5 Å². The highest BCUT2D eigenvalue weighted by atomic mass is 32.2. The van der Waals surface area contributed by atoms with E-state index >= 15 is 0 Å². The van der Waals surface area contributed by atoms with Crippen LogP contribution in [0.5, 0.6) is 0 Å². The van der Waals surface area contributed by atoms with Crippen molar-refractivity contribution in [1.82, 2.24) is 0 Å². The molecule has 5 nitrogen and oxygen atoms in total. The molecule has 0 radical (unpaired) electrons. The molecule has 0 spiro atoms. The fourth-order valence-electron chi connectivity index (χ4n) is 1.49. The molecule has 1 aliphatic rings. The molecule has 1 fully saturated rings. The molecule has 1 unspecified atom stereocenters. The minimum Gasteiger partial charge on any atom is -0.545 e. The third-order valence-electron chi connectivity index (χ3n) is 2.48. The molecule has 20 heavy (non-hydrogen) atoms. The van der Waals surface area contributed by atoms with Crippen LogP contribution in [0.4, 0.5) is 0 Å². The summed E-state index contributed by atoms with van der Waals surface area (Å²) in [5.41, 5.74) is 5.52. The topological polar surface area (TPSA) is 92.5 Å². The van der Waals surface area contributed by atoms with Crippen LogP contribution < -0.4 is 10.8 Å². The van der Waals surface area contributed by atoms with E-state index in [-0.39, 0.29) is 11.1 Å². The van der Waals surface area contributed by atoms with Crippen molar-refractivity contribution in [3.63, 3.8) is 0 Å².